The van der Waals surface area contributed by atoms with Crippen molar-refractivity contribution < 1.29 is 4.74 Å². The van der Waals surface area contributed by atoms with E-state index in [2.05, 4.69) is 22.8 Å². The summed E-state index contributed by atoms with van der Waals surface area (Å²) in [5.74, 6) is 1.14. The van der Waals surface area contributed by atoms with E-state index in [1.807, 2.05) is 6.07 Å². The Morgan fingerprint density at radius 3 is 3.05 bits per heavy atom. The Balaban J connectivity index is 1.92. The monoisotopic (exact) mass is 259 g/mol. The van der Waals surface area contributed by atoms with Crippen molar-refractivity contribution in [2.24, 2.45) is 5.73 Å². The minimum absolute atomic E-state index is 0.342. The highest BCUT2D eigenvalue weighted by molar-refractivity contribution is 5.75. The summed E-state index contributed by atoms with van der Waals surface area (Å²) in [6.07, 6.45) is 4.60. The Morgan fingerprint density at radius 2 is 2.26 bits per heavy atom. The van der Waals surface area contributed by atoms with Crippen molar-refractivity contribution in [3.8, 4) is 0 Å². The van der Waals surface area contributed by atoms with Crippen LogP contribution in [-0.4, -0.2) is 28.8 Å². The van der Waals surface area contributed by atoms with Crippen molar-refractivity contribution in [3.63, 3.8) is 0 Å². The highest BCUT2D eigenvalue weighted by atomic mass is 16.5. The summed E-state index contributed by atoms with van der Waals surface area (Å²) in [6.45, 7) is 2.53. The Bertz CT molecular complexity index is 543. The van der Waals surface area contributed by atoms with Crippen molar-refractivity contribution in [3.05, 3.63) is 30.1 Å². The maximum Gasteiger partial charge on any atom is 0.109 e. The zero-order valence-corrected chi connectivity index (χ0v) is 11.2. The van der Waals surface area contributed by atoms with Gasteiger partial charge in [0.15, 0.2) is 0 Å². The molecule has 3 rings (SSSR count). The van der Waals surface area contributed by atoms with Gasteiger partial charge in [-0.3, -0.25) is 0 Å². The van der Waals surface area contributed by atoms with Gasteiger partial charge in [0.05, 0.1) is 23.7 Å². The third-order valence-corrected chi connectivity index (χ3v) is 3.75. The van der Waals surface area contributed by atoms with Crippen LogP contribution < -0.4 is 5.73 Å². The molecule has 0 saturated carbocycles. The predicted octanol–water partition coefficient (Wildman–Crippen LogP) is 2.11. The fourth-order valence-electron chi connectivity index (χ4n) is 2.77. The first-order valence-electron chi connectivity index (χ1n) is 7.14. The fourth-order valence-corrected chi connectivity index (χ4v) is 2.77. The molecule has 0 amide bonds. The normalized spacial score (nSPS) is 19.3. The van der Waals surface area contributed by atoms with Crippen LogP contribution >= 0.6 is 0 Å². The average Bonchev–Trinajstić information content (AvgIpc) is 3.06. The molecular weight excluding hydrogens is 238 g/mol. The molecule has 1 atom stereocenters. The molecule has 1 aliphatic heterocycles. The number of imidazole rings is 1. The molecule has 1 fully saturated rings. The second kappa shape index (κ2) is 5.72. The van der Waals surface area contributed by atoms with E-state index in [0.717, 1.165) is 43.8 Å². The van der Waals surface area contributed by atoms with Gasteiger partial charge in [-0.25, -0.2) is 4.98 Å². The molecule has 0 bridgehead atoms. The van der Waals surface area contributed by atoms with E-state index in [9.17, 15) is 0 Å². The molecule has 0 radical (unpaired) electrons. The number of hydrogen-bond donors (Lipinski definition) is 1. The minimum Gasteiger partial charge on any atom is -0.376 e. The van der Waals surface area contributed by atoms with E-state index in [1.54, 1.807) is 0 Å². The zero-order valence-electron chi connectivity index (χ0n) is 11.2. The molecule has 1 saturated heterocycles. The van der Waals surface area contributed by atoms with Gasteiger partial charge in [0.1, 0.15) is 5.82 Å². The third kappa shape index (κ3) is 2.65. The number of fused-ring (bicyclic) bond motifs is 1. The second-order valence-corrected chi connectivity index (χ2v) is 5.15. The molecule has 1 unspecified atom stereocenters. The van der Waals surface area contributed by atoms with Crippen molar-refractivity contribution in [2.75, 3.05) is 13.2 Å². The number of ether oxygens (including phenoxy) is 1. The highest BCUT2D eigenvalue weighted by Crippen LogP contribution is 2.21. The summed E-state index contributed by atoms with van der Waals surface area (Å²) in [5.41, 5.74) is 7.91. The number of nitrogens with two attached hydrogens (primary N) is 1. The average molecular weight is 259 g/mol. The summed E-state index contributed by atoms with van der Waals surface area (Å²) >= 11 is 0. The molecule has 1 aromatic heterocycles. The molecule has 0 spiro atoms. The highest BCUT2D eigenvalue weighted by Gasteiger charge is 2.19. The second-order valence-electron chi connectivity index (χ2n) is 5.15. The summed E-state index contributed by atoms with van der Waals surface area (Å²) < 4.78 is 8.08. The lowest BCUT2D eigenvalue weighted by Crippen LogP contribution is -2.17. The Labute approximate surface area is 113 Å². The Morgan fingerprint density at radius 1 is 1.37 bits per heavy atom. The SMILES string of the molecule is NCCCc1nc2ccccc2n1CC1CCCO1. The third-order valence-electron chi connectivity index (χ3n) is 3.75. The van der Waals surface area contributed by atoms with Crippen LogP contribution in [-0.2, 0) is 17.7 Å². The number of aryl methyl sites for hydroxylation is 1. The van der Waals surface area contributed by atoms with Gasteiger partial charge in [-0.2, -0.15) is 0 Å². The van der Waals surface area contributed by atoms with Crippen molar-refractivity contribution in [2.45, 2.75) is 38.3 Å². The maximum atomic E-state index is 5.76. The van der Waals surface area contributed by atoms with Gasteiger partial charge >= 0.3 is 0 Å². The lowest BCUT2D eigenvalue weighted by molar-refractivity contribution is 0.0972. The van der Waals surface area contributed by atoms with Crippen molar-refractivity contribution >= 4 is 11.0 Å². The van der Waals surface area contributed by atoms with Crippen LogP contribution in [0, 0.1) is 0 Å². The molecular formula is C15H21N3O. The number of para-hydroxylation sites is 2. The van der Waals surface area contributed by atoms with Gasteiger partial charge in [-0.15, -0.1) is 0 Å². The molecule has 0 aliphatic carbocycles. The fraction of sp³-hybridized carbons (Fsp3) is 0.533. The quantitative estimate of drug-likeness (QED) is 0.894. The molecule has 2 aromatic rings. The Hall–Kier alpha value is -1.39. The van der Waals surface area contributed by atoms with E-state index in [-0.39, 0.29) is 0 Å². The molecule has 4 nitrogen and oxygen atoms in total. The summed E-state index contributed by atoms with van der Waals surface area (Å²) in [6, 6.07) is 8.33. The first-order chi connectivity index (χ1) is 9.38. The van der Waals surface area contributed by atoms with Gasteiger partial charge in [-0.1, -0.05) is 12.1 Å². The van der Waals surface area contributed by atoms with Crippen LogP contribution in [0.4, 0.5) is 0 Å². The first kappa shape index (κ1) is 12.6. The molecule has 2 heterocycles. The number of aromatic nitrogens is 2. The van der Waals surface area contributed by atoms with E-state index in [4.69, 9.17) is 15.5 Å². The number of rotatable bonds is 5. The summed E-state index contributed by atoms with van der Waals surface area (Å²) in [5, 5.41) is 0. The van der Waals surface area contributed by atoms with E-state index in [0.29, 0.717) is 12.6 Å². The van der Waals surface area contributed by atoms with Gasteiger partial charge in [0, 0.05) is 13.0 Å². The largest absolute Gasteiger partial charge is 0.376 e. The van der Waals surface area contributed by atoms with Crippen molar-refractivity contribution in [1.82, 2.24) is 9.55 Å². The number of nitrogens with zero attached hydrogens (tertiary/aromatic N) is 2. The molecule has 1 aromatic carbocycles. The van der Waals surface area contributed by atoms with Crippen LogP contribution in [0.25, 0.3) is 11.0 Å². The standard InChI is InChI=1S/C15H21N3O/c16-9-3-8-15-17-13-6-1-2-7-14(13)18(15)11-12-5-4-10-19-12/h1-2,6-7,12H,3-5,8-11,16H2. The van der Waals surface area contributed by atoms with Crippen LogP contribution in [0.3, 0.4) is 0 Å². The van der Waals surface area contributed by atoms with E-state index < -0.39 is 0 Å². The lowest BCUT2D eigenvalue weighted by atomic mass is 10.2. The van der Waals surface area contributed by atoms with Crippen LogP contribution in [0.2, 0.25) is 0 Å². The zero-order chi connectivity index (χ0) is 13.1. The lowest BCUT2D eigenvalue weighted by Gasteiger charge is -2.14. The molecule has 1 aliphatic rings. The number of benzene rings is 1. The van der Waals surface area contributed by atoms with Crippen LogP contribution in [0.1, 0.15) is 25.1 Å². The predicted molar refractivity (Wildman–Crippen MR) is 76.1 cm³/mol. The van der Waals surface area contributed by atoms with E-state index >= 15 is 0 Å². The maximum absolute atomic E-state index is 5.76. The van der Waals surface area contributed by atoms with Crippen LogP contribution in [0.15, 0.2) is 24.3 Å². The van der Waals surface area contributed by atoms with E-state index in [1.165, 1.54) is 11.9 Å². The topological polar surface area (TPSA) is 53.1 Å². The summed E-state index contributed by atoms with van der Waals surface area (Å²) in [4.78, 5) is 4.74. The smallest absolute Gasteiger partial charge is 0.109 e. The van der Waals surface area contributed by atoms with Gasteiger partial charge in [0.25, 0.3) is 0 Å². The molecule has 102 valence electrons. The molecule has 4 heteroatoms. The molecule has 2 N–H and O–H groups in total. The number of hydrogen-bond acceptors (Lipinski definition) is 3. The first-order valence-corrected chi connectivity index (χ1v) is 7.14. The van der Waals surface area contributed by atoms with Gasteiger partial charge in [0.2, 0.25) is 0 Å². The summed E-state index contributed by atoms with van der Waals surface area (Å²) in [7, 11) is 0. The van der Waals surface area contributed by atoms with Gasteiger partial charge < -0.3 is 15.0 Å². The van der Waals surface area contributed by atoms with Gasteiger partial charge in [-0.05, 0) is 37.9 Å². The van der Waals surface area contributed by atoms with Crippen LogP contribution in [0.5, 0.6) is 0 Å². The molecule has 19 heavy (non-hydrogen) atoms. The minimum atomic E-state index is 0.342. The van der Waals surface area contributed by atoms with Crippen molar-refractivity contribution in [1.29, 1.82) is 0 Å². The Kier molecular flexibility index (Phi) is 3.80.